The predicted molar refractivity (Wildman–Crippen MR) is 110 cm³/mol. The molecule has 0 aliphatic carbocycles. The highest BCUT2D eigenvalue weighted by Gasteiger charge is 2.53. The highest BCUT2D eigenvalue weighted by atomic mass is 79.9. The first-order valence-corrected chi connectivity index (χ1v) is 11.1. The van der Waals surface area contributed by atoms with Crippen molar-refractivity contribution >= 4 is 56.5 Å². The molecule has 0 radical (unpaired) electrons. The average Bonchev–Trinajstić information content (AvgIpc) is 3.31. The fourth-order valence-corrected chi connectivity index (χ4v) is 5.64. The van der Waals surface area contributed by atoms with Crippen LogP contribution in [0.4, 0.5) is 0 Å². The van der Waals surface area contributed by atoms with Gasteiger partial charge in [-0.25, -0.2) is 9.59 Å². The zero-order valence-electron chi connectivity index (χ0n) is 16.0. The summed E-state index contributed by atoms with van der Waals surface area (Å²) in [4.78, 5) is 38.7. The maximum absolute atomic E-state index is 12.8. The van der Waals surface area contributed by atoms with Gasteiger partial charge in [0.2, 0.25) is 11.7 Å². The molecule has 0 saturated carbocycles. The van der Waals surface area contributed by atoms with E-state index in [0.717, 1.165) is 10.9 Å². The molecule has 154 valence electrons. The molecule has 7 nitrogen and oxygen atoms in total. The molecule has 0 spiro atoms. The number of amides is 1. The van der Waals surface area contributed by atoms with Gasteiger partial charge in [0.15, 0.2) is 0 Å². The Kier molecular flexibility index (Phi) is 5.37. The van der Waals surface area contributed by atoms with Crippen molar-refractivity contribution < 1.29 is 28.3 Å². The molecule has 1 aromatic carbocycles. The number of esters is 2. The van der Waals surface area contributed by atoms with Crippen LogP contribution in [0.1, 0.15) is 42.8 Å². The third kappa shape index (κ3) is 3.54. The summed E-state index contributed by atoms with van der Waals surface area (Å²) in [5, 5.41) is 0.665. The maximum Gasteiger partial charge on any atom is 0.374 e. The van der Waals surface area contributed by atoms with Gasteiger partial charge in [-0.1, -0.05) is 15.9 Å². The molecule has 3 heterocycles. The molecular formula is C20H20BrNO6S. The lowest BCUT2D eigenvalue weighted by Crippen LogP contribution is -2.46. The van der Waals surface area contributed by atoms with Crippen molar-refractivity contribution in [1.29, 1.82) is 0 Å². The molecule has 2 atom stereocenters. The summed E-state index contributed by atoms with van der Waals surface area (Å²) < 4.78 is 17.1. The summed E-state index contributed by atoms with van der Waals surface area (Å²) in [5.41, 5.74) is 0.954. The van der Waals surface area contributed by atoms with E-state index >= 15 is 0 Å². The average molecular weight is 482 g/mol. The van der Waals surface area contributed by atoms with Crippen LogP contribution in [0.25, 0.3) is 11.0 Å². The molecule has 0 unspecified atom stereocenters. The number of thioether (sulfide) groups is 1. The number of furan rings is 1. The Hall–Kier alpha value is -2.00. The van der Waals surface area contributed by atoms with E-state index in [1.54, 1.807) is 41.8 Å². The Balaban J connectivity index is 1.58. The smallest absolute Gasteiger partial charge is 0.374 e. The first kappa shape index (κ1) is 20.3. The van der Waals surface area contributed by atoms with Gasteiger partial charge in [0.1, 0.15) is 18.2 Å². The third-order valence-corrected chi connectivity index (χ3v) is 7.29. The normalized spacial score (nSPS) is 23.5. The number of hydrogen-bond donors (Lipinski definition) is 0. The number of halogens is 1. The molecule has 1 aromatic heterocycles. The minimum absolute atomic E-state index is 0.0237. The lowest BCUT2D eigenvalue weighted by atomic mass is 10.1. The number of benzene rings is 1. The summed E-state index contributed by atoms with van der Waals surface area (Å²) in [6.07, 6.45) is 1.17. The highest BCUT2D eigenvalue weighted by molar-refractivity contribution is 9.10. The standard InChI is InChI=1S/C20H20BrNO6S/c1-3-26-19(25)17-13(12-8-11(21)4-5-15(12)28-17)9-27-18(24)14-10-29-20(2)7-6-16(23)22(14)20/h4-5,8,14H,3,6-7,9-10H2,1-2H3/t14-,20-/m0/s1. The molecular weight excluding hydrogens is 462 g/mol. The monoisotopic (exact) mass is 481 g/mol. The van der Waals surface area contributed by atoms with E-state index in [1.165, 1.54) is 0 Å². The van der Waals surface area contributed by atoms with E-state index in [0.29, 0.717) is 28.7 Å². The lowest BCUT2D eigenvalue weighted by molar-refractivity contribution is -0.154. The van der Waals surface area contributed by atoms with E-state index < -0.39 is 18.0 Å². The molecule has 2 aromatic rings. The first-order valence-electron chi connectivity index (χ1n) is 9.35. The fourth-order valence-electron chi connectivity index (χ4n) is 3.86. The van der Waals surface area contributed by atoms with Crippen LogP contribution in [0.2, 0.25) is 0 Å². The van der Waals surface area contributed by atoms with Crippen LogP contribution < -0.4 is 0 Å². The number of fused-ring (bicyclic) bond motifs is 2. The van der Waals surface area contributed by atoms with Crippen LogP contribution in [-0.2, 0) is 25.7 Å². The second-order valence-electron chi connectivity index (χ2n) is 7.14. The zero-order valence-corrected chi connectivity index (χ0v) is 18.4. The van der Waals surface area contributed by atoms with Gasteiger partial charge in [-0.2, -0.15) is 0 Å². The van der Waals surface area contributed by atoms with Crippen LogP contribution in [0.5, 0.6) is 0 Å². The Labute approximate surface area is 180 Å². The van der Waals surface area contributed by atoms with Gasteiger partial charge >= 0.3 is 11.9 Å². The van der Waals surface area contributed by atoms with Crippen LogP contribution in [0.3, 0.4) is 0 Å². The molecule has 2 aliphatic heterocycles. The number of ether oxygens (including phenoxy) is 2. The number of hydrogen-bond acceptors (Lipinski definition) is 7. The van der Waals surface area contributed by atoms with E-state index in [-0.39, 0.29) is 29.8 Å². The molecule has 2 fully saturated rings. The summed E-state index contributed by atoms with van der Waals surface area (Å²) >= 11 is 5.01. The molecule has 0 N–H and O–H groups in total. The maximum atomic E-state index is 12.8. The van der Waals surface area contributed by atoms with Crippen LogP contribution in [0.15, 0.2) is 27.1 Å². The van der Waals surface area contributed by atoms with Crippen molar-refractivity contribution in [3.63, 3.8) is 0 Å². The molecule has 9 heteroatoms. The van der Waals surface area contributed by atoms with Gasteiger partial charge in [0.25, 0.3) is 0 Å². The van der Waals surface area contributed by atoms with Crippen LogP contribution in [-0.4, -0.2) is 46.0 Å². The molecule has 29 heavy (non-hydrogen) atoms. The Morgan fingerprint density at radius 3 is 2.93 bits per heavy atom. The van der Waals surface area contributed by atoms with Crippen LogP contribution in [0, 0.1) is 0 Å². The highest BCUT2D eigenvalue weighted by Crippen LogP contribution is 2.47. The van der Waals surface area contributed by atoms with E-state index in [4.69, 9.17) is 13.9 Å². The molecule has 0 bridgehead atoms. The summed E-state index contributed by atoms with van der Waals surface area (Å²) in [6.45, 7) is 3.75. The van der Waals surface area contributed by atoms with Gasteiger partial charge in [-0.15, -0.1) is 11.8 Å². The van der Waals surface area contributed by atoms with Crippen LogP contribution >= 0.6 is 27.7 Å². The number of carbonyl (C=O) groups excluding carboxylic acids is 3. The van der Waals surface area contributed by atoms with Crippen molar-refractivity contribution in [3.8, 4) is 0 Å². The summed E-state index contributed by atoms with van der Waals surface area (Å²) in [7, 11) is 0. The van der Waals surface area contributed by atoms with Crippen molar-refractivity contribution in [2.45, 2.75) is 44.2 Å². The SMILES string of the molecule is CCOC(=O)c1oc2ccc(Br)cc2c1COC(=O)[C@@H]1CS[C@@]2(C)CCC(=O)N12. The van der Waals surface area contributed by atoms with E-state index in [2.05, 4.69) is 15.9 Å². The first-order chi connectivity index (χ1) is 13.8. The van der Waals surface area contributed by atoms with Gasteiger partial charge in [0, 0.05) is 22.0 Å². The predicted octanol–water partition coefficient (Wildman–Crippen LogP) is 3.87. The van der Waals surface area contributed by atoms with Crippen molar-refractivity contribution in [3.05, 3.63) is 34.0 Å². The molecule has 2 saturated heterocycles. The van der Waals surface area contributed by atoms with Crippen molar-refractivity contribution in [2.75, 3.05) is 12.4 Å². The fraction of sp³-hybridized carbons (Fsp3) is 0.450. The second kappa shape index (κ2) is 7.68. The zero-order chi connectivity index (χ0) is 20.8. The summed E-state index contributed by atoms with van der Waals surface area (Å²) in [5.74, 6) is -0.580. The molecule has 4 rings (SSSR count). The topological polar surface area (TPSA) is 86.0 Å². The summed E-state index contributed by atoms with van der Waals surface area (Å²) in [6, 6.07) is 4.72. The number of carbonyl (C=O) groups is 3. The Morgan fingerprint density at radius 1 is 1.38 bits per heavy atom. The quantitative estimate of drug-likeness (QED) is 0.598. The van der Waals surface area contributed by atoms with Gasteiger partial charge in [0.05, 0.1) is 17.0 Å². The Bertz CT molecular complexity index is 1000. The van der Waals surface area contributed by atoms with Crippen molar-refractivity contribution in [1.82, 2.24) is 4.90 Å². The van der Waals surface area contributed by atoms with Gasteiger partial charge < -0.3 is 18.8 Å². The van der Waals surface area contributed by atoms with Gasteiger partial charge in [-0.3, -0.25) is 4.79 Å². The minimum atomic E-state index is -0.615. The number of rotatable bonds is 5. The minimum Gasteiger partial charge on any atom is -0.460 e. The Morgan fingerprint density at radius 2 is 2.17 bits per heavy atom. The van der Waals surface area contributed by atoms with E-state index in [1.807, 2.05) is 6.92 Å². The van der Waals surface area contributed by atoms with Crippen molar-refractivity contribution in [2.24, 2.45) is 0 Å². The largest absolute Gasteiger partial charge is 0.460 e. The lowest BCUT2D eigenvalue weighted by Gasteiger charge is -2.29. The second-order valence-corrected chi connectivity index (χ2v) is 9.56. The van der Waals surface area contributed by atoms with E-state index in [9.17, 15) is 14.4 Å². The third-order valence-electron chi connectivity index (χ3n) is 5.29. The van der Waals surface area contributed by atoms with Gasteiger partial charge in [-0.05, 0) is 38.5 Å². The number of nitrogens with zero attached hydrogens (tertiary/aromatic N) is 1. The molecule has 1 amide bonds. The molecule has 2 aliphatic rings.